The van der Waals surface area contributed by atoms with Gasteiger partial charge in [0.15, 0.2) is 0 Å². The number of rotatable bonds is 6. The number of amides is 2. The summed E-state index contributed by atoms with van der Waals surface area (Å²) in [6, 6.07) is 14.3. The average molecular weight is 341 g/mol. The summed E-state index contributed by atoms with van der Waals surface area (Å²) < 4.78 is 4.53. The van der Waals surface area contributed by atoms with Gasteiger partial charge in [0.05, 0.1) is 7.11 Å². The van der Waals surface area contributed by atoms with E-state index >= 15 is 0 Å². The molecule has 0 aliphatic carbocycles. The van der Waals surface area contributed by atoms with E-state index in [4.69, 9.17) is 0 Å². The molecule has 2 aromatic rings. The van der Waals surface area contributed by atoms with E-state index in [1.807, 2.05) is 24.3 Å². The second-order valence-electron chi connectivity index (χ2n) is 5.37. The average Bonchev–Trinajstić information content (AvgIpc) is 2.64. The monoisotopic (exact) mass is 341 g/mol. The number of ether oxygens (including phenoxy) is 1. The number of carbonyl (C=O) groups excluding carboxylic acids is 2. The third-order valence-corrected chi connectivity index (χ3v) is 3.83. The SMILES string of the molecule is CCN(CC)c1ccc(C(=O)Nc2ccc(NC(=O)OC)cc2)cc1. The minimum Gasteiger partial charge on any atom is -0.453 e. The molecule has 0 spiro atoms. The van der Waals surface area contributed by atoms with E-state index in [2.05, 4.69) is 34.1 Å². The van der Waals surface area contributed by atoms with Gasteiger partial charge in [0, 0.05) is 35.7 Å². The first-order chi connectivity index (χ1) is 12.1. The Hall–Kier alpha value is -3.02. The molecule has 0 saturated carbocycles. The Kier molecular flexibility index (Phi) is 6.39. The highest BCUT2D eigenvalue weighted by molar-refractivity contribution is 6.04. The standard InChI is InChI=1S/C19H23N3O3/c1-4-22(5-2)17-12-6-14(7-13-17)18(23)20-15-8-10-16(11-9-15)21-19(24)25-3/h6-13H,4-5H2,1-3H3,(H,20,23)(H,21,24). The molecule has 2 aromatic carbocycles. The van der Waals surface area contributed by atoms with Crippen molar-refractivity contribution >= 4 is 29.1 Å². The molecule has 0 aliphatic heterocycles. The number of anilines is 3. The lowest BCUT2D eigenvalue weighted by Crippen LogP contribution is -2.21. The molecule has 0 heterocycles. The molecule has 2 N–H and O–H groups in total. The van der Waals surface area contributed by atoms with E-state index < -0.39 is 6.09 Å². The van der Waals surface area contributed by atoms with Gasteiger partial charge in [-0.3, -0.25) is 10.1 Å². The number of hydrogen-bond donors (Lipinski definition) is 2. The van der Waals surface area contributed by atoms with Crippen LogP contribution >= 0.6 is 0 Å². The van der Waals surface area contributed by atoms with Crippen molar-refractivity contribution in [2.45, 2.75) is 13.8 Å². The molecule has 0 radical (unpaired) electrons. The van der Waals surface area contributed by atoms with Crippen molar-refractivity contribution in [3.05, 3.63) is 54.1 Å². The van der Waals surface area contributed by atoms with Crippen LogP contribution in [0.3, 0.4) is 0 Å². The highest BCUT2D eigenvalue weighted by Crippen LogP contribution is 2.17. The summed E-state index contributed by atoms with van der Waals surface area (Å²) in [6.45, 7) is 6.05. The Balaban J connectivity index is 2.00. The Morgan fingerprint density at radius 3 is 1.88 bits per heavy atom. The lowest BCUT2D eigenvalue weighted by atomic mass is 10.1. The number of carbonyl (C=O) groups is 2. The van der Waals surface area contributed by atoms with Crippen molar-refractivity contribution in [3.63, 3.8) is 0 Å². The van der Waals surface area contributed by atoms with Crippen LogP contribution in [-0.4, -0.2) is 32.2 Å². The second kappa shape index (κ2) is 8.73. The first kappa shape index (κ1) is 18.3. The Morgan fingerprint density at radius 1 is 0.880 bits per heavy atom. The fourth-order valence-corrected chi connectivity index (χ4v) is 2.42. The minimum absolute atomic E-state index is 0.181. The van der Waals surface area contributed by atoms with Gasteiger partial charge in [-0.25, -0.2) is 4.79 Å². The topological polar surface area (TPSA) is 70.7 Å². The molecule has 0 atom stereocenters. The van der Waals surface area contributed by atoms with Gasteiger partial charge in [0.2, 0.25) is 0 Å². The fraction of sp³-hybridized carbons (Fsp3) is 0.263. The Bertz CT molecular complexity index is 708. The molecule has 132 valence electrons. The van der Waals surface area contributed by atoms with Gasteiger partial charge in [0.25, 0.3) is 5.91 Å². The van der Waals surface area contributed by atoms with Gasteiger partial charge < -0.3 is 15.0 Å². The van der Waals surface area contributed by atoms with Crippen LogP contribution in [0.15, 0.2) is 48.5 Å². The Labute approximate surface area is 147 Å². The summed E-state index contributed by atoms with van der Waals surface area (Å²) in [5.41, 5.74) is 2.93. The summed E-state index contributed by atoms with van der Waals surface area (Å²) in [5.74, 6) is -0.181. The summed E-state index contributed by atoms with van der Waals surface area (Å²) >= 11 is 0. The van der Waals surface area contributed by atoms with Crippen molar-refractivity contribution in [1.29, 1.82) is 0 Å². The van der Waals surface area contributed by atoms with Crippen LogP contribution in [0.5, 0.6) is 0 Å². The molecule has 0 fully saturated rings. The summed E-state index contributed by atoms with van der Waals surface area (Å²) in [4.78, 5) is 25.7. The molecule has 0 aliphatic rings. The predicted molar refractivity (Wildman–Crippen MR) is 100 cm³/mol. The predicted octanol–water partition coefficient (Wildman–Crippen LogP) is 3.96. The van der Waals surface area contributed by atoms with Crippen LogP contribution in [0.2, 0.25) is 0 Å². The second-order valence-corrected chi connectivity index (χ2v) is 5.37. The first-order valence-corrected chi connectivity index (χ1v) is 8.18. The molecule has 2 rings (SSSR count). The number of nitrogens with zero attached hydrogens (tertiary/aromatic N) is 1. The third-order valence-electron chi connectivity index (χ3n) is 3.83. The van der Waals surface area contributed by atoms with E-state index in [0.717, 1.165) is 18.8 Å². The molecule has 25 heavy (non-hydrogen) atoms. The van der Waals surface area contributed by atoms with Gasteiger partial charge >= 0.3 is 6.09 Å². The zero-order chi connectivity index (χ0) is 18.2. The van der Waals surface area contributed by atoms with Gasteiger partial charge in [-0.2, -0.15) is 0 Å². The normalized spacial score (nSPS) is 10.0. The van der Waals surface area contributed by atoms with Gasteiger partial charge in [-0.1, -0.05) is 0 Å². The molecule has 0 bridgehead atoms. The van der Waals surface area contributed by atoms with Crippen LogP contribution in [0.1, 0.15) is 24.2 Å². The fourth-order valence-electron chi connectivity index (χ4n) is 2.42. The van der Waals surface area contributed by atoms with Gasteiger partial charge in [-0.05, 0) is 62.4 Å². The zero-order valence-electron chi connectivity index (χ0n) is 14.7. The van der Waals surface area contributed by atoms with Crippen LogP contribution in [-0.2, 0) is 4.74 Å². The molecule has 6 heteroatoms. The van der Waals surface area contributed by atoms with Crippen LogP contribution in [0.4, 0.5) is 21.9 Å². The molecular weight excluding hydrogens is 318 g/mol. The smallest absolute Gasteiger partial charge is 0.411 e. The van der Waals surface area contributed by atoms with Gasteiger partial charge in [0.1, 0.15) is 0 Å². The first-order valence-electron chi connectivity index (χ1n) is 8.18. The highest BCUT2D eigenvalue weighted by Gasteiger charge is 2.08. The number of benzene rings is 2. The number of nitrogens with one attached hydrogen (secondary N) is 2. The van der Waals surface area contributed by atoms with E-state index in [1.54, 1.807) is 24.3 Å². The van der Waals surface area contributed by atoms with Crippen molar-refractivity contribution < 1.29 is 14.3 Å². The van der Waals surface area contributed by atoms with Crippen LogP contribution < -0.4 is 15.5 Å². The van der Waals surface area contributed by atoms with Crippen molar-refractivity contribution in [2.24, 2.45) is 0 Å². The zero-order valence-corrected chi connectivity index (χ0v) is 14.7. The highest BCUT2D eigenvalue weighted by atomic mass is 16.5. The quantitative estimate of drug-likeness (QED) is 0.834. The third kappa shape index (κ3) is 4.97. The number of methoxy groups -OCH3 is 1. The molecule has 0 unspecified atom stereocenters. The number of hydrogen-bond acceptors (Lipinski definition) is 4. The molecule has 0 saturated heterocycles. The maximum Gasteiger partial charge on any atom is 0.411 e. The van der Waals surface area contributed by atoms with Crippen molar-refractivity contribution in [2.75, 3.05) is 35.7 Å². The summed E-state index contributed by atoms with van der Waals surface area (Å²) in [5, 5.41) is 5.39. The lowest BCUT2D eigenvalue weighted by molar-refractivity contribution is 0.102. The molecule has 6 nitrogen and oxygen atoms in total. The van der Waals surface area contributed by atoms with Gasteiger partial charge in [-0.15, -0.1) is 0 Å². The summed E-state index contributed by atoms with van der Waals surface area (Å²) in [6.07, 6.45) is -0.537. The van der Waals surface area contributed by atoms with E-state index in [9.17, 15) is 9.59 Å². The van der Waals surface area contributed by atoms with Crippen LogP contribution in [0.25, 0.3) is 0 Å². The maximum atomic E-state index is 12.3. The van der Waals surface area contributed by atoms with Crippen molar-refractivity contribution in [3.8, 4) is 0 Å². The van der Waals surface area contributed by atoms with Crippen LogP contribution in [0, 0.1) is 0 Å². The minimum atomic E-state index is -0.537. The molecule has 0 aromatic heterocycles. The van der Waals surface area contributed by atoms with E-state index in [-0.39, 0.29) is 5.91 Å². The van der Waals surface area contributed by atoms with Crippen molar-refractivity contribution in [1.82, 2.24) is 0 Å². The lowest BCUT2D eigenvalue weighted by Gasteiger charge is -2.21. The maximum absolute atomic E-state index is 12.3. The van der Waals surface area contributed by atoms with E-state index in [0.29, 0.717) is 16.9 Å². The molecule has 2 amide bonds. The Morgan fingerprint density at radius 2 is 1.40 bits per heavy atom. The molecular formula is C19H23N3O3. The summed E-state index contributed by atoms with van der Waals surface area (Å²) in [7, 11) is 1.30. The van der Waals surface area contributed by atoms with E-state index in [1.165, 1.54) is 7.11 Å². The largest absolute Gasteiger partial charge is 0.453 e.